The number of rotatable bonds is 3. The number of hydrogen-bond acceptors (Lipinski definition) is 6. The summed E-state index contributed by atoms with van der Waals surface area (Å²) < 4.78 is 10.0. The van der Waals surface area contributed by atoms with Gasteiger partial charge in [0.1, 0.15) is 11.6 Å². The molecular weight excluding hydrogens is 258 g/mol. The molecule has 0 spiro atoms. The van der Waals surface area contributed by atoms with Crippen molar-refractivity contribution in [2.75, 3.05) is 20.0 Å². The summed E-state index contributed by atoms with van der Waals surface area (Å²) in [7, 11) is 2.85. The van der Waals surface area contributed by atoms with Gasteiger partial charge in [0.2, 0.25) is 0 Å². The summed E-state index contributed by atoms with van der Waals surface area (Å²) in [5.41, 5.74) is 8.16. The predicted octanol–water partition coefficient (Wildman–Crippen LogP) is 1.83. The van der Waals surface area contributed by atoms with Crippen molar-refractivity contribution in [2.24, 2.45) is 0 Å². The first-order valence-electron chi connectivity index (χ1n) is 5.91. The van der Waals surface area contributed by atoms with E-state index in [9.17, 15) is 4.79 Å². The lowest BCUT2D eigenvalue weighted by atomic mass is 10.0. The first-order chi connectivity index (χ1) is 9.56. The number of esters is 1. The van der Waals surface area contributed by atoms with Crippen molar-refractivity contribution in [1.82, 2.24) is 9.97 Å². The van der Waals surface area contributed by atoms with E-state index in [2.05, 4.69) is 9.97 Å². The molecule has 0 radical (unpaired) electrons. The van der Waals surface area contributed by atoms with Crippen molar-refractivity contribution >= 4 is 11.8 Å². The maximum Gasteiger partial charge on any atom is 0.340 e. The highest BCUT2D eigenvalue weighted by atomic mass is 16.5. The normalized spacial score (nSPS) is 10.2. The van der Waals surface area contributed by atoms with Crippen LogP contribution in [-0.4, -0.2) is 30.2 Å². The third-order valence-corrected chi connectivity index (χ3v) is 2.84. The number of aromatic nitrogens is 2. The minimum atomic E-state index is -0.468. The van der Waals surface area contributed by atoms with Gasteiger partial charge in [-0.1, -0.05) is 0 Å². The lowest BCUT2D eigenvalue weighted by Gasteiger charge is -2.12. The Hall–Kier alpha value is -2.63. The minimum Gasteiger partial charge on any atom is -0.494 e. The molecule has 0 aliphatic rings. The fourth-order valence-electron chi connectivity index (χ4n) is 1.89. The Kier molecular flexibility index (Phi) is 3.84. The van der Waals surface area contributed by atoms with E-state index in [0.29, 0.717) is 28.3 Å². The number of nitrogens with zero attached hydrogens (tertiary/aromatic N) is 2. The van der Waals surface area contributed by atoms with Crippen LogP contribution in [0.3, 0.4) is 0 Å². The largest absolute Gasteiger partial charge is 0.494 e. The van der Waals surface area contributed by atoms with Crippen molar-refractivity contribution in [3.05, 3.63) is 35.8 Å². The molecule has 104 valence electrons. The number of anilines is 1. The summed E-state index contributed by atoms with van der Waals surface area (Å²) in [6.07, 6.45) is 2.99. The van der Waals surface area contributed by atoms with Gasteiger partial charge in [-0.15, -0.1) is 0 Å². The van der Waals surface area contributed by atoms with Crippen molar-refractivity contribution < 1.29 is 14.3 Å². The van der Waals surface area contributed by atoms with Gasteiger partial charge in [0.15, 0.2) is 0 Å². The van der Waals surface area contributed by atoms with E-state index in [4.69, 9.17) is 15.2 Å². The highest BCUT2D eigenvalue weighted by molar-refractivity contribution is 5.98. The van der Waals surface area contributed by atoms with Gasteiger partial charge >= 0.3 is 5.97 Å². The smallest absolute Gasteiger partial charge is 0.340 e. The summed E-state index contributed by atoms with van der Waals surface area (Å²) in [5.74, 6) is 0.394. The first-order valence-corrected chi connectivity index (χ1v) is 5.91. The topological polar surface area (TPSA) is 87.3 Å². The average molecular weight is 273 g/mol. The Morgan fingerprint density at radius 1 is 1.15 bits per heavy atom. The number of aryl methyl sites for hydroxylation is 1. The molecule has 0 aromatic carbocycles. The second kappa shape index (κ2) is 5.56. The van der Waals surface area contributed by atoms with Crippen LogP contribution in [0, 0.1) is 6.92 Å². The number of nitrogens with two attached hydrogens (primary N) is 1. The Labute approximate surface area is 116 Å². The molecule has 0 fully saturated rings. The molecule has 0 aliphatic heterocycles. The second-order valence-corrected chi connectivity index (χ2v) is 4.17. The molecule has 2 heterocycles. The second-order valence-electron chi connectivity index (χ2n) is 4.17. The molecule has 2 aromatic heterocycles. The SMILES string of the molecule is COC(=O)c1cnc(C)cc1-c1cc(N)ncc1OC. The van der Waals surface area contributed by atoms with Gasteiger partial charge in [-0.3, -0.25) is 4.98 Å². The number of ether oxygens (including phenoxy) is 2. The van der Waals surface area contributed by atoms with Gasteiger partial charge in [-0.05, 0) is 19.1 Å². The number of carbonyl (C=O) groups is 1. The molecule has 0 aliphatic carbocycles. The Morgan fingerprint density at radius 2 is 1.90 bits per heavy atom. The lowest BCUT2D eigenvalue weighted by Crippen LogP contribution is -2.06. The summed E-state index contributed by atoms with van der Waals surface area (Å²) in [6.45, 7) is 1.83. The zero-order chi connectivity index (χ0) is 14.7. The van der Waals surface area contributed by atoms with E-state index in [-0.39, 0.29) is 0 Å². The molecule has 0 saturated carbocycles. The van der Waals surface area contributed by atoms with E-state index < -0.39 is 5.97 Å². The van der Waals surface area contributed by atoms with Crippen LogP contribution in [0.4, 0.5) is 5.82 Å². The molecule has 0 saturated heterocycles. The zero-order valence-electron chi connectivity index (χ0n) is 11.5. The number of methoxy groups -OCH3 is 2. The van der Waals surface area contributed by atoms with Crippen LogP contribution >= 0.6 is 0 Å². The third kappa shape index (κ3) is 2.54. The van der Waals surface area contributed by atoms with Crippen LogP contribution in [0.2, 0.25) is 0 Å². The standard InChI is InChI=1S/C14H15N3O3/c1-8-4-9(11(6-16-8)14(18)20-3)10-5-13(15)17-7-12(10)19-2/h4-7H,1-3H3,(H2,15,17). The predicted molar refractivity (Wildman–Crippen MR) is 74.5 cm³/mol. The van der Waals surface area contributed by atoms with Crippen LogP contribution in [0.5, 0.6) is 5.75 Å². The fraction of sp³-hybridized carbons (Fsp3) is 0.214. The van der Waals surface area contributed by atoms with Crippen molar-refractivity contribution in [3.8, 4) is 16.9 Å². The first kappa shape index (κ1) is 13.8. The van der Waals surface area contributed by atoms with Gasteiger partial charge in [-0.2, -0.15) is 0 Å². The number of carbonyl (C=O) groups excluding carboxylic acids is 1. The van der Waals surface area contributed by atoms with Gasteiger partial charge in [0.25, 0.3) is 0 Å². The molecular formula is C14H15N3O3. The van der Waals surface area contributed by atoms with E-state index in [0.717, 1.165) is 5.69 Å². The molecule has 2 N–H and O–H groups in total. The van der Waals surface area contributed by atoms with Gasteiger partial charge in [-0.25, -0.2) is 9.78 Å². The maximum absolute atomic E-state index is 11.9. The zero-order valence-corrected chi connectivity index (χ0v) is 11.5. The lowest BCUT2D eigenvalue weighted by molar-refractivity contribution is 0.0601. The van der Waals surface area contributed by atoms with Crippen LogP contribution in [0.15, 0.2) is 24.5 Å². The van der Waals surface area contributed by atoms with E-state index >= 15 is 0 Å². The molecule has 0 atom stereocenters. The number of nitrogen functional groups attached to an aromatic ring is 1. The number of pyridine rings is 2. The molecule has 2 aromatic rings. The molecule has 0 amide bonds. The Balaban J connectivity index is 2.71. The summed E-state index contributed by atoms with van der Waals surface area (Å²) >= 11 is 0. The molecule has 0 bridgehead atoms. The molecule has 6 nitrogen and oxygen atoms in total. The van der Waals surface area contributed by atoms with Crippen molar-refractivity contribution in [2.45, 2.75) is 6.92 Å². The van der Waals surface area contributed by atoms with Crippen LogP contribution in [0.25, 0.3) is 11.1 Å². The van der Waals surface area contributed by atoms with Crippen molar-refractivity contribution in [1.29, 1.82) is 0 Å². The van der Waals surface area contributed by atoms with Crippen molar-refractivity contribution in [3.63, 3.8) is 0 Å². The highest BCUT2D eigenvalue weighted by Gasteiger charge is 2.17. The molecule has 2 rings (SSSR count). The van der Waals surface area contributed by atoms with E-state index in [1.807, 2.05) is 6.92 Å². The Bertz CT molecular complexity index is 656. The van der Waals surface area contributed by atoms with Gasteiger partial charge in [0, 0.05) is 23.0 Å². The summed E-state index contributed by atoms with van der Waals surface area (Å²) in [6, 6.07) is 3.43. The highest BCUT2D eigenvalue weighted by Crippen LogP contribution is 2.33. The summed E-state index contributed by atoms with van der Waals surface area (Å²) in [5, 5.41) is 0. The maximum atomic E-state index is 11.9. The van der Waals surface area contributed by atoms with Crippen LogP contribution < -0.4 is 10.5 Å². The average Bonchev–Trinajstić information content (AvgIpc) is 2.46. The Morgan fingerprint density at radius 3 is 2.55 bits per heavy atom. The minimum absolute atomic E-state index is 0.339. The number of hydrogen-bond donors (Lipinski definition) is 1. The molecule has 20 heavy (non-hydrogen) atoms. The van der Waals surface area contributed by atoms with Crippen LogP contribution in [0.1, 0.15) is 16.1 Å². The van der Waals surface area contributed by atoms with Gasteiger partial charge in [0.05, 0.1) is 26.0 Å². The molecule has 6 heteroatoms. The molecule has 0 unspecified atom stereocenters. The quantitative estimate of drug-likeness (QED) is 0.858. The van der Waals surface area contributed by atoms with E-state index in [1.165, 1.54) is 26.6 Å². The monoisotopic (exact) mass is 273 g/mol. The van der Waals surface area contributed by atoms with Crippen LogP contribution in [-0.2, 0) is 4.74 Å². The third-order valence-electron chi connectivity index (χ3n) is 2.84. The van der Waals surface area contributed by atoms with Gasteiger partial charge < -0.3 is 15.2 Å². The van der Waals surface area contributed by atoms with E-state index in [1.54, 1.807) is 12.1 Å². The summed E-state index contributed by atoms with van der Waals surface area (Å²) in [4.78, 5) is 20.0. The fourth-order valence-corrected chi connectivity index (χ4v) is 1.89.